The summed E-state index contributed by atoms with van der Waals surface area (Å²) in [7, 11) is 1.60. The van der Waals surface area contributed by atoms with Crippen molar-refractivity contribution >= 4 is 22.7 Å². The standard InChI is InChI=1S/C23H28N6O4/c1-31-18-13-25-23(26-14-18)27-15-2-4-17(5-3-15)33-22-19-10-16(30)12-24-20(19)11-21(28-22)29-6-8-32-9-7-29/h10-15,17,30H,2-9H2,1H3,(H,25,26,27). The number of fused-ring (bicyclic) bond motifs is 1. The first-order valence-electron chi connectivity index (χ1n) is 11.3. The third-order valence-corrected chi connectivity index (χ3v) is 6.10. The second kappa shape index (κ2) is 9.62. The van der Waals surface area contributed by atoms with Crippen LogP contribution in [0.1, 0.15) is 25.7 Å². The Hall–Kier alpha value is -3.40. The first kappa shape index (κ1) is 21.4. The molecular weight excluding hydrogens is 424 g/mol. The molecule has 0 spiro atoms. The fourth-order valence-electron chi connectivity index (χ4n) is 4.28. The van der Waals surface area contributed by atoms with Crippen LogP contribution < -0.4 is 19.7 Å². The van der Waals surface area contributed by atoms with Crippen LogP contribution in [0, 0.1) is 0 Å². The van der Waals surface area contributed by atoms with Crippen molar-refractivity contribution < 1.29 is 19.3 Å². The number of hydrogen-bond acceptors (Lipinski definition) is 10. The van der Waals surface area contributed by atoms with E-state index in [1.165, 1.54) is 6.20 Å². The van der Waals surface area contributed by atoms with Gasteiger partial charge in [0.2, 0.25) is 11.8 Å². The molecular formula is C23H28N6O4. The number of anilines is 2. The maximum Gasteiger partial charge on any atom is 0.225 e. The molecule has 0 amide bonds. The summed E-state index contributed by atoms with van der Waals surface area (Å²) in [5.41, 5.74) is 0.756. The van der Waals surface area contributed by atoms with Crippen LogP contribution in [0.25, 0.3) is 10.9 Å². The molecule has 0 bridgehead atoms. The van der Waals surface area contributed by atoms with Gasteiger partial charge in [-0.2, -0.15) is 4.98 Å². The lowest BCUT2D eigenvalue weighted by Gasteiger charge is -2.31. The van der Waals surface area contributed by atoms with E-state index in [1.54, 1.807) is 25.6 Å². The van der Waals surface area contributed by atoms with Crippen molar-refractivity contribution in [1.29, 1.82) is 0 Å². The van der Waals surface area contributed by atoms with E-state index in [9.17, 15) is 5.11 Å². The number of aromatic hydroxyl groups is 1. The van der Waals surface area contributed by atoms with Crippen LogP contribution in [-0.2, 0) is 4.74 Å². The van der Waals surface area contributed by atoms with Gasteiger partial charge in [0.05, 0.1) is 49.8 Å². The second-order valence-electron chi connectivity index (χ2n) is 8.33. The predicted octanol–water partition coefficient (Wildman–Crippen LogP) is 2.77. The average molecular weight is 453 g/mol. The van der Waals surface area contributed by atoms with Crippen LogP contribution in [-0.4, -0.2) is 70.6 Å². The molecule has 2 aliphatic rings. The molecule has 5 rings (SSSR count). The van der Waals surface area contributed by atoms with Gasteiger partial charge in [-0.15, -0.1) is 0 Å². The van der Waals surface area contributed by atoms with Gasteiger partial charge in [0.15, 0.2) is 5.75 Å². The van der Waals surface area contributed by atoms with Crippen molar-refractivity contribution in [1.82, 2.24) is 19.9 Å². The molecule has 1 saturated heterocycles. The third kappa shape index (κ3) is 5.00. The second-order valence-corrected chi connectivity index (χ2v) is 8.33. The SMILES string of the molecule is COc1cnc(NC2CCC(Oc3nc(N4CCOCC4)cc4ncc(O)cc34)CC2)nc1. The average Bonchev–Trinajstić information content (AvgIpc) is 2.86. The minimum atomic E-state index is 0.0397. The molecule has 3 aromatic rings. The van der Waals surface area contributed by atoms with Crippen molar-refractivity contribution in [3.8, 4) is 17.4 Å². The number of nitrogens with zero attached hydrogens (tertiary/aromatic N) is 5. The number of methoxy groups -OCH3 is 1. The molecule has 0 aromatic carbocycles. The van der Waals surface area contributed by atoms with Crippen LogP contribution >= 0.6 is 0 Å². The summed E-state index contributed by atoms with van der Waals surface area (Å²) in [6.45, 7) is 2.90. The quantitative estimate of drug-likeness (QED) is 0.578. The molecule has 4 heterocycles. The van der Waals surface area contributed by atoms with Gasteiger partial charge >= 0.3 is 0 Å². The summed E-state index contributed by atoms with van der Waals surface area (Å²) in [5, 5.41) is 14.1. The number of aromatic nitrogens is 4. The number of morpholine rings is 1. The Morgan fingerprint density at radius 1 is 1.03 bits per heavy atom. The summed E-state index contributed by atoms with van der Waals surface area (Å²) in [5.74, 6) is 2.68. The number of rotatable bonds is 6. The van der Waals surface area contributed by atoms with Crippen LogP contribution in [0.4, 0.5) is 11.8 Å². The number of pyridine rings is 2. The zero-order chi connectivity index (χ0) is 22.6. The molecule has 0 atom stereocenters. The summed E-state index contributed by atoms with van der Waals surface area (Å²) < 4.78 is 17.0. The Bertz CT molecular complexity index is 1080. The molecule has 3 aromatic heterocycles. The van der Waals surface area contributed by atoms with Crippen molar-refractivity contribution in [2.75, 3.05) is 43.6 Å². The Kier molecular flexibility index (Phi) is 6.25. The van der Waals surface area contributed by atoms with Crippen molar-refractivity contribution in [3.05, 3.63) is 30.7 Å². The Morgan fingerprint density at radius 3 is 2.52 bits per heavy atom. The van der Waals surface area contributed by atoms with Crippen molar-refractivity contribution in [3.63, 3.8) is 0 Å². The summed E-state index contributed by atoms with van der Waals surface area (Å²) in [4.78, 5) is 20.0. The summed E-state index contributed by atoms with van der Waals surface area (Å²) in [6.07, 6.45) is 8.44. The van der Waals surface area contributed by atoms with E-state index in [2.05, 4.69) is 25.2 Å². The zero-order valence-corrected chi connectivity index (χ0v) is 18.6. The Morgan fingerprint density at radius 2 is 1.79 bits per heavy atom. The predicted molar refractivity (Wildman–Crippen MR) is 123 cm³/mol. The summed E-state index contributed by atoms with van der Waals surface area (Å²) >= 11 is 0. The van der Waals surface area contributed by atoms with Gasteiger partial charge in [-0.3, -0.25) is 4.98 Å². The molecule has 0 unspecified atom stereocenters. The van der Waals surface area contributed by atoms with Crippen molar-refractivity contribution in [2.45, 2.75) is 37.8 Å². The fraction of sp³-hybridized carbons (Fsp3) is 0.478. The first-order chi connectivity index (χ1) is 16.2. The minimum Gasteiger partial charge on any atom is -0.506 e. The van der Waals surface area contributed by atoms with Gasteiger partial charge in [0, 0.05) is 25.2 Å². The maximum atomic E-state index is 9.99. The number of hydrogen-bond donors (Lipinski definition) is 2. The third-order valence-electron chi connectivity index (χ3n) is 6.10. The van der Waals surface area contributed by atoms with E-state index in [0.29, 0.717) is 30.8 Å². The molecule has 2 fully saturated rings. The van der Waals surface area contributed by atoms with E-state index < -0.39 is 0 Å². The summed E-state index contributed by atoms with van der Waals surface area (Å²) in [6, 6.07) is 3.90. The van der Waals surface area contributed by atoms with Crippen LogP contribution in [0.5, 0.6) is 17.4 Å². The highest BCUT2D eigenvalue weighted by Gasteiger charge is 2.25. The number of nitrogens with one attached hydrogen (secondary N) is 1. The molecule has 33 heavy (non-hydrogen) atoms. The smallest absolute Gasteiger partial charge is 0.225 e. The highest BCUT2D eigenvalue weighted by atomic mass is 16.5. The maximum absolute atomic E-state index is 9.99. The first-order valence-corrected chi connectivity index (χ1v) is 11.3. The molecule has 1 aliphatic carbocycles. The van der Waals surface area contributed by atoms with Gasteiger partial charge in [-0.05, 0) is 31.7 Å². The highest BCUT2D eigenvalue weighted by Crippen LogP contribution is 2.33. The molecule has 10 nitrogen and oxygen atoms in total. The van der Waals surface area contributed by atoms with Gasteiger partial charge in [0.25, 0.3) is 0 Å². The van der Waals surface area contributed by atoms with E-state index in [4.69, 9.17) is 19.2 Å². The largest absolute Gasteiger partial charge is 0.506 e. The highest BCUT2D eigenvalue weighted by molar-refractivity contribution is 5.86. The van der Waals surface area contributed by atoms with Gasteiger partial charge in [-0.25, -0.2) is 9.97 Å². The monoisotopic (exact) mass is 452 g/mol. The van der Waals surface area contributed by atoms with Gasteiger partial charge < -0.3 is 29.5 Å². The molecule has 1 saturated carbocycles. The molecule has 174 valence electrons. The van der Waals surface area contributed by atoms with Gasteiger partial charge in [-0.1, -0.05) is 0 Å². The van der Waals surface area contributed by atoms with E-state index in [1.807, 2.05) is 6.07 Å². The van der Waals surface area contributed by atoms with Gasteiger partial charge in [0.1, 0.15) is 17.7 Å². The van der Waals surface area contributed by atoms with E-state index in [0.717, 1.165) is 55.5 Å². The lowest BCUT2D eigenvalue weighted by Crippen LogP contribution is -2.37. The fourth-order valence-corrected chi connectivity index (χ4v) is 4.28. The van der Waals surface area contributed by atoms with Crippen LogP contribution in [0.2, 0.25) is 0 Å². The van der Waals surface area contributed by atoms with Crippen LogP contribution in [0.3, 0.4) is 0 Å². The van der Waals surface area contributed by atoms with E-state index in [-0.39, 0.29) is 17.9 Å². The molecule has 10 heteroatoms. The van der Waals surface area contributed by atoms with Crippen molar-refractivity contribution in [2.24, 2.45) is 0 Å². The Labute approximate surface area is 191 Å². The lowest BCUT2D eigenvalue weighted by molar-refractivity contribution is 0.122. The number of ether oxygens (including phenoxy) is 3. The molecule has 2 N–H and O–H groups in total. The van der Waals surface area contributed by atoms with Crippen LogP contribution in [0.15, 0.2) is 30.7 Å². The lowest BCUT2D eigenvalue weighted by atomic mass is 9.93. The Balaban J connectivity index is 1.28. The molecule has 1 aliphatic heterocycles. The zero-order valence-electron chi connectivity index (χ0n) is 18.6. The van der Waals surface area contributed by atoms with E-state index >= 15 is 0 Å². The molecule has 0 radical (unpaired) electrons. The topological polar surface area (TPSA) is 115 Å². The normalized spacial score (nSPS) is 21.1. The minimum absolute atomic E-state index is 0.0397.